The van der Waals surface area contributed by atoms with E-state index in [1.165, 1.54) is 0 Å². The number of aryl methyl sites for hydroxylation is 1. The maximum Gasteiger partial charge on any atom is 0.225 e. The number of carbonyl (C=O) groups is 1. The normalized spacial score (nSPS) is 22.1. The van der Waals surface area contributed by atoms with Crippen LogP contribution in [-0.4, -0.2) is 77.9 Å². The number of carbonyl (C=O) groups excluding carboxylic acids is 1. The number of piperazine rings is 1. The molecule has 2 aliphatic heterocycles. The van der Waals surface area contributed by atoms with Crippen molar-refractivity contribution in [3.8, 4) is 0 Å². The van der Waals surface area contributed by atoms with Gasteiger partial charge in [0.25, 0.3) is 0 Å². The highest BCUT2D eigenvalue weighted by Crippen LogP contribution is 2.29. The minimum Gasteiger partial charge on any atom is -0.344 e. The smallest absolute Gasteiger partial charge is 0.225 e. The minimum absolute atomic E-state index is 0.0593. The van der Waals surface area contributed by atoms with E-state index < -0.39 is 9.84 Å². The molecule has 2 fully saturated rings. The van der Waals surface area contributed by atoms with Crippen molar-refractivity contribution in [3.63, 3.8) is 0 Å². The molecule has 0 aromatic carbocycles. The van der Waals surface area contributed by atoms with Crippen molar-refractivity contribution in [3.05, 3.63) is 41.5 Å². The maximum absolute atomic E-state index is 13.0. The fourth-order valence-corrected chi connectivity index (χ4v) is 6.15. The van der Waals surface area contributed by atoms with Gasteiger partial charge in [-0.2, -0.15) is 0 Å². The molecule has 2 saturated heterocycles. The molecule has 1 atom stereocenters. The molecule has 4 rings (SSSR count). The molecule has 0 bridgehead atoms. The second-order valence-electron chi connectivity index (χ2n) is 7.95. The molecule has 0 unspecified atom stereocenters. The van der Waals surface area contributed by atoms with Crippen LogP contribution in [0.3, 0.4) is 0 Å². The SMILES string of the molecule is Cc1cc(C(=O)CN2CCN(c3ncccn3)CC2)c(C)n1[C@H]1CCS(=O)(=O)C1. The van der Waals surface area contributed by atoms with Crippen LogP contribution < -0.4 is 4.90 Å². The fraction of sp³-hybridized carbons (Fsp3) is 0.550. The van der Waals surface area contributed by atoms with Crippen LogP contribution in [0.25, 0.3) is 0 Å². The van der Waals surface area contributed by atoms with Crippen molar-refractivity contribution in [2.45, 2.75) is 26.3 Å². The summed E-state index contributed by atoms with van der Waals surface area (Å²) in [5.41, 5.74) is 2.55. The lowest BCUT2D eigenvalue weighted by Crippen LogP contribution is -2.48. The van der Waals surface area contributed by atoms with E-state index in [0.717, 1.165) is 43.5 Å². The van der Waals surface area contributed by atoms with Crippen LogP contribution in [0.1, 0.15) is 34.2 Å². The van der Waals surface area contributed by atoms with Crippen molar-refractivity contribution in [2.24, 2.45) is 0 Å². The standard InChI is InChI=1S/C20H27N5O3S/c1-15-12-18(16(2)25(15)17-4-11-29(27,28)14-17)19(26)13-23-7-9-24(10-8-23)20-21-5-3-6-22-20/h3,5-6,12,17H,4,7-11,13-14H2,1-2H3/t17-/m0/s1. The molecule has 0 amide bonds. The van der Waals surface area contributed by atoms with Gasteiger partial charge in [-0.05, 0) is 32.4 Å². The van der Waals surface area contributed by atoms with Gasteiger partial charge in [0, 0.05) is 61.6 Å². The molecule has 0 spiro atoms. The van der Waals surface area contributed by atoms with Crippen molar-refractivity contribution in [1.82, 2.24) is 19.4 Å². The Balaban J connectivity index is 1.40. The lowest BCUT2D eigenvalue weighted by atomic mass is 10.1. The van der Waals surface area contributed by atoms with Crippen molar-refractivity contribution >= 4 is 21.6 Å². The first-order valence-corrected chi connectivity index (χ1v) is 11.8. The van der Waals surface area contributed by atoms with Crippen LogP contribution in [0, 0.1) is 13.8 Å². The summed E-state index contributed by atoms with van der Waals surface area (Å²) in [6.45, 7) is 7.39. The first-order valence-electron chi connectivity index (χ1n) is 10.0. The van der Waals surface area contributed by atoms with Gasteiger partial charge in [0.15, 0.2) is 15.6 Å². The summed E-state index contributed by atoms with van der Waals surface area (Å²) in [4.78, 5) is 25.9. The van der Waals surface area contributed by atoms with Crippen LogP contribution in [0.2, 0.25) is 0 Å². The molecule has 8 nitrogen and oxygen atoms in total. The summed E-state index contributed by atoms with van der Waals surface area (Å²) in [7, 11) is -2.97. The van der Waals surface area contributed by atoms with Crippen molar-refractivity contribution in [2.75, 3.05) is 49.1 Å². The van der Waals surface area contributed by atoms with Crippen molar-refractivity contribution < 1.29 is 13.2 Å². The molecule has 9 heteroatoms. The second-order valence-corrected chi connectivity index (χ2v) is 10.2. The molecule has 2 aliphatic rings. The van der Waals surface area contributed by atoms with E-state index in [1.807, 2.05) is 24.5 Å². The summed E-state index contributed by atoms with van der Waals surface area (Å²) in [5, 5.41) is 0. The average molecular weight is 418 g/mol. The Morgan fingerprint density at radius 2 is 1.83 bits per heavy atom. The number of ketones is 1. The predicted octanol–water partition coefficient (Wildman–Crippen LogP) is 1.26. The molecule has 29 heavy (non-hydrogen) atoms. The van der Waals surface area contributed by atoms with Gasteiger partial charge < -0.3 is 9.47 Å². The lowest BCUT2D eigenvalue weighted by molar-refractivity contribution is 0.0925. The number of hydrogen-bond donors (Lipinski definition) is 0. The van der Waals surface area contributed by atoms with E-state index in [1.54, 1.807) is 18.5 Å². The third-order valence-corrected chi connectivity index (χ3v) is 7.68. The second kappa shape index (κ2) is 7.87. The molecule has 0 aliphatic carbocycles. The summed E-state index contributed by atoms with van der Waals surface area (Å²) in [6, 6.07) is 3.66. The van der Waals surface area contributed by atoms with Gasteiger partial charge in [0.2, 0.25) is 5.95 Å². The number of anilines is 1. The Kier molecular flexibility index (Phi) is 5.44. The number of Topliss-reactive ketones (excluding diaryl/α,β-unsaturated/α-hetero) is 1. The van der Waals surface area contributed by atoms with Gasteiger partial charge >= 0.3 is 0 Å². The molecule has 4 heterocycles. The first-order chi connectivity index (χ1) is 13.8. The lowest BCUT2D eigenvalue weighted by Gasteiger charge is -2.34. The Hall–Kier alpha value is -2.26. The molecule has 156 valence electrons. The minimum atomic E-state index is -2.97. The van der Waals surface area contributed by atoms with Crippen LogP contribution in [0.5, 0.6) is 0 Å². The Morgan fingerprint density at radius 1 is 1.14 bits per heavy atom. The number of aromatic nitrogens is 3. The van der Waals surface area contributed by atoms with Gasteiger partial charge in [0.05, 0.1) is 18.1 Å². The molecular weight excluding hydrogens is 390 g/mol. The Labute approximate surface area is 171 Å². The fourth-order valence-electron chi connectivity index (χ4n) is 4.45. The Bertz CT molecular complexity index is 995. The van der Waals surface area contributed by atoms with E-state index in [2.05, 4.69) is 19.8 Å². The van der Waals surface area contributed by atoms with Gasteiger partial charge in [-0.3, -0.25) is 9.69 Å². The molecule has 0 radical (unpaired) electrons. The van der Waals surface area contributed by atoms with Crippen LogP contribution in [-0.2, 0) is 9.84 Å². The first kappa shape index (κ1) is 20.0. The number of hydrogen-bond acceptors (Lipinski definition) is 7. The Morgan fingerprint density at radius 3 is 2.45 bits per heavy atom. The van der Waals surface area contributed by atoms with Crippen LogP contribution >= 0.6 is 0 Å². The topological polar surface area (TPSA) is 88.4 Å². The molecule has 0 saturated carbocycles. The summed E-state index contributed by atoms with van der Waals surface area (Å²) < 4.78 is 25.8. The maximum atomic E-state index is 13.0. The number of nitrogens with zero attached hydrogens (tertiary/aromatic N) is 5. The highest BCUT2D eigenvalue weighted by molar-refractivity contribution is 7.91. The van der Waals surface area contributed by atoms with Gasteiger partial charge in [-0.15, -0.1) is 0 Å². The summed E-state index contributed by atoms with van der Waals surface area (Å²) in [6.07, 6.45) is 4.10. The van der Waals surface area contributed by atoms with E-state index >= 15 is 0 Å². The van der Waals surface area contributed by atoms with E-state index in [-0.39, 0.29) is 23.3 Å². The monoisotopic (exact) mass is 417 g/mol. The highest BCUT2D eigenvalue weighted by atomic mass is 32.2. The summed E-state index contributed by atoms with van der Waals surface area (Å²) >= 11 is 0. The zero-order valence-corrected chi connectivity index (χ0v) is 17.7. The van der Waals surface area contributed by atoms with Gasteiger partial charge in [-0.1, -0.05) is 0 Å². The zero-order chi connectivity index (χ0) is 20.6. The zero-order valence-electron chi connectivity index (χ0n) is 16.9. The van der Waals surface area contributed by atoms with E-state index in [9.17, 15) is 13.2 Å². The molecule has 0 N–H and O–H groups in total. The predicted molar refractivity (Wildman–Crippen MR) is 111 cm³/mol. The van der Waals surface area contributed by atoms with Crippen molar-refractivity contribution in [1.29, 1.82) is 0 Å². The quantitative estimate of drug-likeness (QED) is 0.677. The average Bonchev–Trinajstić information content (AvgIpc) is 3.21. The van der Waals surface area contributed by atoms with Gasteiger partial charge in [0.1, 0.15) is 0 Å². The van der Waals surface area contributed by atoms with Gasteiger partial charge in [-0.25, -0.2) is 18.4 Å². The summed E-state index contributed by atoms with van der Waals surface area (Å²) in [5.74, 6) is 1.22. The van der Waals surface area contributed by atoms with E-state index in [4.69, 9.17) is 0 Å². The molecule has 2 aromatic heterocycles. The third kappa shape index (κ3) is 4.20. The largest absolute Gasteiger partial charge is 0.344 e. The number of rotatable bonds is 5. The molecular formula is C20H27N5O3S. The molecule has 2 aromatic rings. The highest BCUT2D eigenvalue weighted by Gasteiger charge is 2.32. The van der Waals surface area contributed by atoms with Crippen LogP contribution in [0.15, 0.2) is 24.5 Å². The number of sulfone groups is 1. The third-order valence-electron chi connectivity index (χ3n) is 5.93. The van der Waals surface area contributed by atoms with E-state index in [0.29, 0.717) is 18.5 Å². The van der Waals surface area contributed by atoms with Crippen LogP contribution in [0.4, 0.5) is 5.95 Å².